The number of ether oxygens (including phenoxy) is 1. The number of nitrogens with zero attached hydrogens (tertiary/aromatic N) is 2. The van der Waals surface area contributed by atoms with Crippen LogP contribution in [-0.2, 0) is 21.3 Å². The quantitative estimate of drug-likeness (QED) is 0.860. The molecule has 1 fully saturated rings. The topological polar surface area (TPSA) is 59.5 Å². The van der Waals surface area contributed by atoms with Crippen LogP contribution >= 0.6 is 0 Å². The summed E-state index contributed by atoms with van der Waals surface area (Å²) in [6, 6.07) is 3.76. The second-order valence-corrected chi connectivity index (χ2v) is 7.94. The normalized spacial score (nSPS) is 20.3. The van der Waals surface area contributed by atoms with E-state index in [0.717, 1.165) is 12.0 Å². The van der Waals surface area contributed by atoms with Gasteiger partial charge in [-0.05, 0) is 38.8 Å². The summed E-state index contributed by atoms with van der Waals surface area (Å²) in [4.78, 5) is 17.7. The monoisotopic (exact) mass is 310 g/mol. The number of hydrogen-bond acceptors (Lipinski definition) is 4. The van der Waals surface area contributed by atoms with Gasteiger partial charge >= 0.3 is 6.09 Å². The molecule has 0 spiro atoms. The molecule has 1 aliphatic heterocycles. The second kappa shape index (κ2) is 6.56. The first kappa shape index (κ1) is 15.9. The molecular weight excluding hydrogens is 288 g/mol. The molecule has 0 radical (unpaired) electrons. The lowest BCUT2D eigenvalue weighted by molar-refractivity contribution is 0.0295. The molecule has 0 N–H and O–H groups in total. The molecular formula is C15H22N2O3S. The van der Waals surface area contributed by atoms with E-state index in [1.165, 1.54) is 0 Å². The first-order valence-corrected chi connectivity index (χ1v) is 8.47. The molecule has 1 aliphatic rings. The van der Waals surface area contributed by atoms with E-state index in [9.17, 15) is 9.00 Å². The minimum Gasteiger partial charge on any atom is -0.444 e. The van der Waals surface area contributed by atoms with Gasteiger partial charge in [-0.1, -0.05) is 6.07 Å². The summed E-state index contributed by atoms with van der Waals surface area (Å²) in [6.07, 6.45) is 3.87. The maximum absolute atomic E-state index is 12.4. The molecule has 2 unspecified atom stereocenters. The SMILES string of the molecule is CC(C)(C)OC(=O)N1CCC(S(=O)Cc2cccnc2)C1. The summed E-state index contributed by atoms with van der Waals surface area (Å²) in [5, 5.41) is 0.0118. The third-order valence-electron chi connectivity index (χ3n) is 3.20. The van der Waals surface area contributed by atoms with Gasteiger partial charge in [0, 0.05) is 36.3 Å². The third kappa shape index (κ3) is 4.81. The number of amides is 1. The zero-order valence-corrected chi connectivity index (χ0v) is 13.6. The van der Waals surface area contributed by atoms with Crippen LogP contribution in [0.2, 0.25) is 0 Å². The van der Waals surface area contributed by atoms with Crippen LogP contribution < -0.4 is 0 Å². The molecule has 0 saturated carbocycles. The number of rotatable bonds is 3. The van der Waals surface area contributed by atoms with Crippen molar-refractivity contribution in [3.8, 4) is 0 Å². The van der Waals surface area contributed by atoms with Crippen molar-refractivity contribution < 1.29 is 13.7 Å². The fraction of sp³-hybridized carbons (Fsp3) is 0.600. The highest BCUT2D eigenvalue weighted by Gasteiger charge is 2.32. The maximum atomic E-state index is 12.4. The van der Waals surface area contributed by atoms with Crippen LogP contribution in [0.3, 0.4) is 0 Å². The van der Waals surface area contributed by atoms with Crippen molar-refractivity contribution in [2.75, 3.05) is 13.1 Å². The van der Waals surface area contributed by atoms with Crippen molar-refractivity contribution in [3.63, 3.8) is 0 Å². The predicted molar refractivity (Wildman–Crippen MR) is 82.3 cm³/mol. The fourth-order valence-corrected chi connectivity index (χ4v) is 3.65. The van der Waals surface area contributed by atoms with Crippen molar-refractivity contribution in [3.05, 3.63) is 30.1 Å². The van der Waals surface area contributed by atoms with Gasteiger partial charge in [0.25, 0.3) is 0 Å². The molecule has 2 rings (SSSR count). The first-order valence-electron chi connectivity index (χ1n) is 7.09. The molecule has 2 atom stereocenters. The molecule has 5 nitrogen and oxygen atoms in total. The molecule has 0 bridgehead atoms. The zero-order valence-electron chi connectivity index (χ0n) is 12.7. The minimum absolute atomic E-state index is 0.0118. The van der Waals surface area contributed by atoms with Crippen LogP contribution in [0.1, 0.15) is 32.8 Å². The summed E-state index contributed by atoms with van der Waals surface area (Å²) < 4.78 is 17.7. The van der Waals surface area contributed by atoms with Gasteiger partial charge in [-0.15, -0.1) is 0 Å². The average Bonchev–Trinajstić information content (AvgIpc) is 2.87. The van der Waals surface area contributed by atoms with Gasteiger partial charge in [0.2, 0.25) is 0 Å². The molecule has 21 heavy (non-hydrogen) atoms. The molecule has 116 valence electrons. The number of carbonyl (C=O) groups excluding carboxylic acids is 1. The summed E-state index contributed by atoms with van der Waals surface area (Å²) >= 11 is 0. The Kier molecular flexibility index (Phi) is 4.98. The van der Waals surface area contributed by atoms with Crippen LogP contribution in [0, 0.1) is 0 Å². The summed E-state index contributed by atoms with van der Waals surface area (Å²) in [5.74, 6) is 0.487. The van der Waals surface area contributed by atoms with Gasteiger partial charge in [-0.25, -0.2) is 4.79 Å². The molecule has 1 saturated heterocycles. The third-order valence-corrected chi connectivity index (χ3v) is 4.95. The van der Waals surface area contributed by atoms with E-state index in [1.807, 2.05) is 32.9 Å². The lowest BCUT2D eigenvalue weighted by Gasteiger charge is -2.24. The van der Waals surface area contributed by atoms with Crippen molar-refractivity contribution in [1.82, 2.24) is 9.88 Å². The number of aromatic nitrogens is 1. The minimum atomic E-state index is -0.996. The number of pyridine rings is 1. The Hall–Kier alpha value is -1.43. The Morgan fingerprint density at radius 1 is 1.52 bits per heavy atom. The molecule has 2 heterocycles. The average molecular weight is 310 g/mol. The highest BCUT2D eigenvalue weighted by Crippen LogP contribution is 2.20. The van der Waals surface area contributed by atoms with Crippen molar-refractivity contribution in [2.24, 2.45) is 0 Å². The van der Waals surface area contributed by atoms with E-state index in [4.69, 9.17) is 4.74 Å². The Morgan fingerprint density at radius 3 is 2.90 bits per heavy atom. The van der Waals surface area contributed by atoms with Gasteiger partial charge in [-0.2, -0.15) is 0 Å². The number of likely N-dealkylation sites (tertiary alicyclic amines) is 1. The Morgan fingerprint density at radius 2 is 2.29 bits per heavy atom. The predicted octanol–water partition coefficient (Wildman–Crippen LogP) is 2.34. The Bertz CT molecular complexity index is 513. The number of carbonyl (C=O) groups is 1. The second-order valence-electron chi connectivity index (χ2n) is 6.22. The maximum Gasteiger partial charge on any atom is 0.410 e. The standard InChI is InChI=1S/C15H22N2O3S/c1-15(2,3)20-14(18)17-8-6-13(10-17)21(19)11-12-5-4-7-16-9-12/h4-5,7,9,13H,6,8,10-11H2,1-3H3. The van der Waals surface area contributed by atoms with Gasteiger partial charge in [-0.3, -0.25) is 9.19 Å². The van der Waals surface area contributed by atoms with Crippen LogP contribution in [0.4, 0.5) is 4.79 Å². The lowest BCUT2D eigenvalue weighted by Crippen LogP contribution is -2.36. The van der Waals surface area contributed by atoms with Gasteiger partial charge in [0.15, 0.2) is 0 Å². The Labute approximate surface area is 128 Å². The molecule has 0 aromatic carbocycles. The van der Waals surface area contributed by atoms with Crippen LogP contribution in [0.5, 0.6) is 0 Å². The first-order chi connectivity index (χ1) is 9.85. The molecule has 0 aliphatic carbocycles. The Balaban J connectivity index is 1.87. The van der Waals surface area contributed by atoms with E-state index in [2.05, 4.69) is 4.98 Å². The number of hydrogen-bond donors (Lipinski definition) is 0. The summed E-state index contributed by atoms with van der Waals surface area (Å²) in [5.41, 5.74) is 0.468. The summed E-state index contributed by atoms with van der Waals surface area (Å²) in [7, 11) is -0.996. The zero-order chi connectivity index (χ0) is 15.5. The van der Waals surface area contributed by atoms with Crippen LogP contribution in [-0.4, -0.2) is 44.1 Å². The highest BCUT2D eigenvalue weighted by atomic mass is 32.2. The van der Waals surface area contributed by atoms with E-state index in [0.29, 0.717) is 18.8 Å². The van der Waals surface area contributed by atoms with Gasteiger partial charge in [0.1, 0.15) is 5.60 Å². The molecule has 1 amide bonds. The van der Waals surface area contributed by atoms with E-state index >= 15 is 0 Å². The van der Waals surface area contributed by atoms with E-state index in [1.54, 1.807) is 17.3 Å². The largest absolute Gasteiger partial charge is 0.444 e. The molecule has 1 aromatic rings. The summed E-state index contributed by atoms with van der Waals surface area (Å²) in [6.45, 7) is 6.65. The van der Waals surface area contributed by atoms with E-state index < -0.39 is 16.4 Å². The van der Waals surface area contributed by atoms with Crippen molar-refractivity contribution in [1.29, 1.82) is 0 Å². The lowest BCUT2D eigenvalue weighted by atomic mass is 10.2. The van der Waals surface area contributed by atoms with E-state index in [-0.39, 0.29) is 11.3 Å². The molecule has 1 aromatic heterocycles. The van der Waals surface area contributed by atoms with Gasteiger partial charge in [0.05, 0.1) is 11.0 Å². The van der Waals surface area contributed by atoms with Crippen LogP contribution in [0.25, 0.3) is 0 Å². The van der Waals surface area contributed by atoms with Gasteiger partial charge < -0.3 is 9.64 Å². The van der Waals surface area contributed by atoms with Crippen molar-refractivity contribution in [2.45, 2.75) is 43.8 Å². The van der Waals surface area contributed by atoms with Crippen LogP contribution in [0.15, 0.2) is 24.5 Å². The molecule has 6 heteroatoms. The van der Waals surface area contributed by atoms with Crippen molar-refractivity contribution >= 4 is 16.9 Å². The highest BCUT2D eigenvalue weighted by molar-refractivity contribution is 7.84. The fourth-order valence-electron chi connectivity index (χ4n) is 2.20. The smallest absolute Gasteiger partial charge is 0.410 e.